The summed E-state index contributed by atoms with van der Waals surface area (Å²) in [6.07, 6.45) is 2.28. The number of nitrogens with one attached hydrogen (secondary N) is 1. The molecule has 0 unspecified atom stereocenters. The van der Waals surface area contributed by atoms with Crippen LogP contribution < -0.4 is 5.32 Å². The molecule has 0 saturated heterocycles. The van der Waals surface area contributed by atoms with Crippen LogP contribution in [-0.4, -0.2) is 38.1 Å². The predicted molar refractivity (Wildman–Crippen MR) is 81.7 cm³/mol. The molecule has 1 aromatic heterocycles. The van der Waals surface area contributed by atoms with Gasteiger partial charge < -0.3 is 14.6 Å². The molecule has 0 aromatic carbocycles. The van der Waals surface area contributed by atoms with Crippen LogP contribution in [0.3, 0.4) is 0 Å². The van der Waals surface area contributed by atoms with Crippen molar-refractivity contribution in [1.29, 1.82) is 0 Å². The molecule has 0 amide bonds. The van der Waals surface area contributed by atoms with Crippen LogP contribution in [0.25, 0.3) is 0 Å². The Kier molecular flexibility index (Phi) is 6.08. The third-order valence-electron chi connectivity index (χ3n) is 3.50. The van der Waals surface area contributed by atoms with E-state index in [1.165, 1.54) is 6.42 Å². The predicted octanol–water partition coefficient (Wildman–Crippen LogP) is 3.19. The molecule has 1 aromatic rings. The lowest BCUT2D eigenvalue weighted by Gasteiger charge is -2.27. The molecule has 0 radical (unpaired) electrons. The van der Waals surface area contributed by atoms with Crippen LogP contribution in [-0.2, 0) is 5.41 Å². The lowest BCUT2D eigenvalue weighted by atomic mass is 9.83. The second-order valence-corrected chi connectivity index (χ2v) is 6.51. The van der Waals surface area contributed by atoms with E-state index in [9.17, 15) is 0 Å². The van der Waals surface area contributed by atoms with Gasteiger partial charge in [-0.15, -0.1) is 0 Å². The smallest absolute Gasteiger partial charge is 0.109 e. The minimum absolute atomic E-state index is 0.0855. The van der Waals surface area contributed by atoms with Crippen molar-refractivity contribution in [2.75, 3.05) is 27.2 Å². The van der Waals surface area contributed by atoms with Gasteiger partial charge in [0, 0.05) is 11.5 Å². The highest BCUT2D eigenvalue weighted by Crippen LogP contribution is 2.29. The van der Waals surface area contributed by atoms with Crippen molar-refractivity contribution in [1.82, 2.24) is 10.2 Å². The van der Waals surface area contributed by atoms with Gasteiger partial charge in [-0.3, -0.25) is 0 Å². The van der Waals surface area contributed by atoms with Gasteiger partial charge in [0.25, 0.3) is 0 Å². The maximum atomic E-state index is 5.77. The zero-order chi connectivity index (χ0) is 14.5. The van der Waals surface area contributed by atoms with Crippen molar-refractivity contribution in [3.63, 3.8) is 0 Å². The van der Waals surface area contributed by atoms with Gasteiger partial charge in [-0.1, -0.05) is 13.8 Å². The van der Waals surface area contributed by atoms with E-state index >= 15 is 0 Å². The lowest BCUT2D eigenvalue weighted by molar-refractivity contribution is 0.315. The van der Waals surface area contributed by atoms with Gasteiger partial charge in [-0.05, 0) is 66.0 Å². The van der Waals surface area contributed by atoms with Crippen LogP contribution in [0.1, 0.15) is 45.1 Å². The van der Waals surface area contributed by atoms with Crippen LogP contribution in [0.5, 0.6) is 0 Å². The molecular weight excluding hydrogens is 236 g/mol. The maximum absolute atomic E-state index is 5.77. The van der Waals surface area contributed by atoms with Gasteiger partial charge in [0.2, 0.25) is 0 Å². The SMILES string of the molecule is Cc1ccc(C(C)(C)C[C@H](C)NCCCN(C)C)o1. The summed E-state index contributed by atoms with van der Waals surface area (Å²) in [6.45, 7) is 11.0. The van der Waals surface area contributed by atoms with Gasteiger partial charge in [-0.25, -0.2) is 0 Å². The van der Waals surface area contributed by atoms with Crippen molar-refractivity contribution in [2.45, 2.75) is 52.0 Å². The summed E-state index contributed by atoms with van der Waals surface area (Å²) in [6, 6.07) is 4.66. The third kappa shape index (κ3) is 5.79. The normalized spacial score (nSPS) is 14.1. The number of aryl methyl sites for hydroxylation is 1. The number of furan rings is 1. The van der Waals surface area contributed by atoms with Gasteiger partial charge in [0.15, 0.2) is 0 Å². The quantitative estimate of drug-likeness (QED) is 0.733. The molecule has 0 fully saturated rings. The summed E-state index contributed by atoms with van der Waals surface area (Å²) in [5.41, 5.74) is 0.0855. The molecule has 3 heteroatoms. The van der Waals surface area contributed by atoms with Crippen molar-refractivity contribution in [3.05, 3.63) is 23.7 Å². The lowest BCUT2D eigenvalue weighted by Crippen LogP contribution is -2.34. The molecule has 0 aliphatic carbocycles. The standard InChI is InChI=1S/C16H30N2O/c1-13(17-10-7-11-18(5)6)12-16(3,4)15-9-8-14(2)19-15/h8-9,13,17H,7,10-12H2,1-6H3/t13-/m0/s1. The molecular formula is C16H30N2O. The summed E-state index contributed by atoms with van der Waals surface area (Å²) in [4.78, 5) is 2.22. The van der Waals surface area contributed by atoms with Crippen LogP contribution in [0.4, 0.5) is 0 Å². The minimum Gasteiger partial charge on any atom is -0.466 e. The molecule has 1 N–H and O–H groups in total. The van der Waals surface area contributed by atoms with E-state index in [2.05, 4.69) is 51.1 Å². The van der Waals surface area contributed by atoms with Crippen molar-refractivity contribution >= 4 is 0 Å². The summed E-state index contributed by atoms with van der Waals surface area (Å²) >= 11 is 0. The minimum atomic E-state index is 0.0855. The maximum Gasteiger partial charge on any atom is 0.109 e. The van der Waals surface area contributed by atoms with E-state index < -0.39 is 0 Å². The molecule has 0 saturated carbocycles. The zero-order valence-electron chi connectivity index (χ0n) is 13.4. The van der Waals surface area contributed by atoms with Crippen molar-refractivity contribution in [2.24, 2.45) is 0 Å². The van der Waals surface area contributed by atoms with E-state index in [1.807, 2.05) is 13.0 Å². The Balaban J connectivity index is 2.36. The van der Waals surface area contributed by atoms with Crippen LogP contribution >= 0.6 is 0 Å². The fourth-order valence-corrected chi connectivity index (χ4v) is 2.48. The van der Waals surface area contributed by atoms with E-state index in [4.69, 9.17) is 4.42 Å². The summed E-state index contributed by atoms with van der Waals surface area (Å²) in [7, 11) is 4.23. The Hall–Kier alpha value is -0.800. The van der Waals surface area contributed by atoms with Crippen LogP contribution in [0.2, 0.25) is 0 Å². The Labute approximate surface area is 118 Å². The molecule has 1 atom stereocenters. The van der Waals surface area contributed by atoms with E-state index in [-0.39, 0.29) is 5.41 Å². The second-order valence-electron chi connectivity index (χ2n) is 6.51. The highest BCUT2D eigenvalue weighted by atomic mass is 16.3. The van der Waals surface area contributed by atoms with Crippen LogP contribution in [0, 0.1) is 6.92 Å². The number of hydrogen-bond donors (Lipinski definition) is 1. The fraction of sp³-hybridized carbons (Fsp3) is 0.750. The molecule has 1 heterocycles. The first-order valence-corrected chi connectivity index (χ1v) is 7.26. The summed E-state index contributed by atoms with van der Waals surface area (Å²) in [5.74, 6) is 2.08. The fourth-order valence-electron chi connectivity index (χ4n) is 2.48. The second kappa shape index (κ2) is 7.11. The third-order valence-corrected chi connectivity index (χ3v) is 3.50. The average Bonchev–Trinajstić information content (AvgIpc) is 2.71. The molecule has 0 aliphatic rings. The molecule has 0 bridgehead atoms. The van der Waals surface area contributed by atoms with Gasteiger partial charge in [-0.2, -0.15) is 0 Å². The number of rotatable bonds is 8. The Bertz CT molecular complexity index is 369. The first kappa shape index (κ1) is 16.3. The molecule has 3 nitrogen and oxygen atoms in total. The Morgan fingerprint density at radius 3 is 2.53 bits per heavy atom. The largest absolute Gasteiger partial charge is 0.466 e. The van der Waals surface area contributed by atoms with Crippen molar-refractivity contribution < 1.29 is 4.42 Å². The first-order valence-electron chi connectivity index (χ1n) is 7.26. The van der Waals surface area contributed by atoms with Gasteiger partial charge in [0.1, 0.15) is 11.5 Å². The topological polar surface area (TPSA) is 28.4 Å². The average molecular weight is 266 g/mol. The highest BCUT2D eigenvalue weighted by Gasteiger charge is 2.26. The van der Waals surface area contributed by atoms with E-state index in [1.54, 1.807) is 0 Å². The molecule has 0 aliphatic heterocycles. The van der Waals surface area contributed by atoms with Crippen molar-refractivity contribution in [3.8, 4) is 0 Å². The highest BCUT2D eigenvalue weighted by molar-refractivity contribution is 5.15. The monoisotopic (exact) mass is 266 g/mol. The molecule has 110 valence electrons. The Morgan fingerprint density at radius 1 is 1.32 bits per heavy atom. The zero-order valence-corrected chi connectivity index (χ0v) is 13.4. The Morgan fingerprint density at radius 2 is 2.00 bits per heavy atom. The number of nitrogens with zero attached hydrogens (tertiary/aromatic N) is 1. The number of hydrogen-bond acceptors (Lipinski definition) is 3. The van der Waals surface area contributed by atoms with E-state index in [0.29, 0.717) is 6.04 Å². The first-order chi connectivity index (χ1) is 8.81. The summed E-state index contributed by atoms with van der Waals surface area (Å²) in [5, 5.41) is 3.60. The summed E-state index contributed by atoms with van der Waals surface area (Å²) < 4.78 is 5.77. The van der Waals surface area contributed by atoms with Crippen LogP contribution in [0.15, 0.2) is 16.5 Å². The molecule has 1 rings (SSSR count). The van der Waals surface area contributed by atoms with Gasteiger partial charge in [0.05, 0.1) is 0 Å². The molecule has 19 heavy (non-hydrogen) atoms. The van der Waals surface area contributed by atoms with E-state index in [0.717, 1.165) is 31.0 Å². The van der Waals surface area contributed by atoms with Gasteiger partial charge >= 0.3 is 0 Å². The molecule has 0 spiro atoms.